The van der Waals surface area contributed by atoms with Gasteiger partial charge in [-0.25, -0.2) is 14.8 Å². The van der Waals surface area contributed by atoms with Crippen LogP contribution in [-0.2, 0) is 6.61 Å². The van der Waals surface area contributed by atoms with Crippen molar-refractivity contribution in [1.82, 2.24) is 9.97 Å². The highest BCUT2D eigenvalue weighted by atomic mass is 16.5. The Balaban J connectivity index is 2.34. The zero-order valence-electron chi connectivity index (χ0n) is 12.2. The second-order valence-corrected chi connectivity index (χ2v) is 4.80. The van der Waals surface area contributed by atoms with Gasteiger partial charge in [0.1, 0.15) is 17.9 Å². The lowest BCUT2D eigenvalue weighted by Gasteiger charge is -2.13. The van der Waals surface area contributed by atoms with Crippen molar-refractivity contribution in [2.24, 2.45) is 0 Å². The molecule has 1 aromatic heterocycles. The standard InChI is InChI=1S/C15H17N3O3/c1-8-5-4-6-9(2)13(8)21-7-11-12(14(19)20)10(3)17-15(16)18-11/h4-6H,7H2,1-3H3,(H,19,20)(H2,16,17,18). The van der Waals surface area contributed by atoms with Gasteiger partial charge in [-0.05, 0) is 31.9 Å². The summed E-state index contributed by atoms with van der Waals surface area (Å²) in [6.45, 7) is 5.48. The number of carbonyl (C=O) groups is 1. The number of carboxylic acids is 1. The fraction of sp³-hybridized carbons (Fsp3) is 0.267. The number of anilines is 1. The number of aromatic carboxylic acids is 1. The Bertz CT molecular complexity index is 679. The van der Waals surface area contributed by atoms with E-state index in [1.807, 2.05) is 32.0 Å². The Hall–Kier alpha value is -2.63. The lowest BCUT2D eigenvalue weighted by atomic mass is 10.1. The van der Waals surface area contributed by atoms with Crippen LogP contribution in [0.15, 0.2) is 18.2 Å². The molecule has 0 saturated heterocycles. The molecule has 0 bridgehead atoms. The quantitative estimate of drug-likeness (QED) is 0.895. The Morgan fingerprint density at radius 3 is 2.43 bits per heavy atom. The summed E-state index contributed by atoms with van der Waals surface area (Å²) in [6.07, 6.45) is 0. The summed E-state index contributed by atoms with van der Waals surface area (Å²) in [5.74, 6) is -0.325. The van der Waals surface area contributed by atoms with Crippen LogP contribution >= 0.6 is 0 Å². The van der Waals surface area contributed by atoms with Crippen molar-refractivity contribution in [3.05, 3.63) is 46.3 Å². The van der Waals surface area contributed by atoms with Gasteiger partial charge in [0.15, 0.2) is 0 Å². The molecular formula is C15H17N3O3. The predicted molar refractivity (Wildman–Crippen MR) is 78.4 cm³/mol. The molecule has 0 aliphatic heterocycles. The average Bonchev–Trinajstić information content (AvgIpc) is 2.36. The maximum absolute atomic E-state index is 11.3. The number of hydrogen-bond donors (Lipinski definition) is 2. The number of aryl methyl sites for hydroxylation is 3. The predicted octanol–water partition coefficient (Wildman–Crippen LogP) is 2.26. The Morgan fingerprint density at radius 2 is 1.86 bits per heavy atom. The number of ether oxygens (including phenoxy) is 1. The van der Waals surface area contributed by atoms with E-state index in [0.29, 0.717) is 5.69 Å². The number of nitrogens with two attached hydrogens (primary N) is 1. The molecule has 21 heavy (non-hydrogen) atoms. The molecule has 0 fully saturated rings. The molecule has 0 unspecified atom stereocenters. The van der Waals surface area contributed by atoms with E-state index < -0.39 is 5.97 Å². The molecule has 0 spiro atoms. The summed E-state index contributed by atoms with van der Waals surface area (Å²) in [5.41, 5.74) is 8.18. The topological polar surface area (TPSA) is 98.3 Å². The van der Waals surface area contributed by atoms with E-state index in [0.717, 1.165) is 16.9 Å². The van der Waals surface area contributed by atoms with Crippen molar-refractivity contribution in [3.8, 4) is 5.75 Å². The van der Waals surface area contributed by atoms with Crippen LogP contribution in [0.4, 0.5) is 5.95 Å². The van der Waals surface area contributed by atoms with Gasteiger partial charge in [-0.15, -0.1) is 0 Å². The molecule has 0 amide bonds. The molecule has 0 aliphatic rings. The van der Waals surface area contributed by atoms with Crippen molar-refractivity contribution in [2.45, 2.75) is 27.4 Å². The molecule has 3 N–H and O–H groups in total. The van der Waals surface area contributed by atoms with E-state index in [9.17, 15) is 9.90 Å². The summed E-state index contributed by atoms with van der Waals surface area (Å²) < 4.78 is 5.75. The van der Waals surface area contributed by atoms with Crippen LogP contribution in [-0.4, -0.2) is 21.0 Å². The van der Waals surface area contributed by atoms with Crippen molar-refractivity contribution < 1.29 is 14.6 Å². The van der Waals surface area contributed by atoms with E-state index in [4.69, 9.17) is 10.5 Å². The number of carboxylic acid groups (broad SMARTS) is 1. The van der Waals surface area contributed by atoms with Gasteiger partial charge >= 0.3 is 5.97 Å². The summed E-state index contributed by atoms with van der Waals surface area (Å²) in [4.78, 5) is 19.2. The zero-order valence-corrected chi connectivity index (χ0v) is 12.2. The number of aromatic nitrogens is 2. The van der Waals surface area contributed by atoms with E-state index >= 15 is 0 Å². The van der Waals surface area contributed by atoms with Crippen LogP contribution in [0.3, 0.4) is 0 Å². The second-order valence-electron chi connectivity index (χ2n) is 4.80. The molecule has 6 nitrogen and oxygen atoms in total. The van der Waals surface area contributed by atoms with E-state index in [-0.39, 0.29) is 23.8 Å². The van der Waals surface area contributed by atoms with Gasteiger partial charge in [-0.2, -0.15) is 0 Å². The normalized spacial score (nSPS) is 10.4. The molecule has 2 aromatic rings. The van der Waals surface area contributed by atoms with Gasteiger partial charge in [0.2, 0.25) is 5.95 Å². The van der Waals surface area contributed by atoms with Gasteiger partial charge in [-0.3, -0.25) is 0 Å². The number of nitrogen functional groups attached to an aromatic ring is 1. The minimum atomic E-state index is -1.09. The third-order valence-corrected chi connectivity index (χ3v) is 3.16. The fourth-order valence-electron chi connectivity index (χ4n) is 2.21. The molecule has 0 radical (unpaired) electrons. The van der Waals surface area contributed by atoms with E-state index in [2.05, 4.69) is 9.97 Å². The first kappa shape index (κ1) is 14.8. The average molecular weight is 287 g/mol. The van der Waals surface area contributed by atoms with Crippen molar-refractivity contribution in [3.63, 3.8) is 0 Å². The molecule has 0 atom stereocenters. The highest BCUT2D eigenvalue weighted by Gasteiger charge is 2.18. The lowest BCUT2D eigenvalue weighted by Crippen LogP contribution is -2.14. The molecule has 1 aromatic carbocycles. The number of benzene rings is 1. The smallest absolute Gasteiger partial charge is 0.339 e. The van der Waals surface area contributed by atoms with E-state index in [1.165, 1.54) is 0 Å². The molecule has 1 heterocycles. The SMILES string of the molecule is Cc1cccc(C)c1OCc1nc(N)nc(C)c1C(=O)O. The minimum Gasteiger partial charge on any atom is -0.487 e. The summed E-state index contributed by atoms with van der Waals surface area (Å²) in [5, 5.41) is 9.27. The van der Waals surface area contributed by atoms with Crippen LogP contribution in [0.2, 0.25) is 0 Å². The van der Waals surface area contributed by atoms with Gasteiger partial charge < -0.3 is 15.6 Å². The first-order valence-electron chi connectivity index (χ1n) is 6.45. The maximum Gasteiger partial charge on any atom is 0.339 e. The number of para-hydroxylation sites is 1. The maximum atomic E-state index is 11.3. The zero-order chi connectivity index (χ0) is 15.6. The Kier molecular flexibility index (Phi) is 4.07. The first-order chi connectivity index (χ1) is 9.90. The molecule has 6 heteroatoms. The molecule has 2 rings (SSSR count). The molecule has 110 valence electrons. The number of hydrogen-bond acceptors (Lipinski definition) is 5. The van der Waals surface area contributed by atoms with Crippen LogP contribution in [0.5, 0.6) is 5.75 Å². The largest absolute Gasteiger partial charge is 0.487 e. The Labute approximate surface area is 122 Å². The van der Waals surface area contributed by atoms with Crippen LogP contribution in [0, 0.1) is 20.8 Å². The molecular weight excluding hydrogens is 270 g/mol. The summed E-state index contributed by atoms with van der Waals surface area (Å²) >= 11 is 0. The lowest BCUT2D eigenvalue weighted by molar-refractivity contribution is 0.0691. The Morgan fingerprint density at radius 1 is 1.24 bits per heavy atom. The van der Waals surface area contributed by atoms with Crippen LogP contribution in [0.25, 0.3) is 0 Å². The number of nitrogens with zero attached hydrogens (tertiary/aromatic N) is 2. The van der Waals surface area contributed by atoms with Crippen LogP contribution < -0.4 is 10.5 Å². The molecule has 0 aliphatic carbocycles. The monoisotopic (exact) mass is 287 g/mol. The number of rotatable bonds is 4. The van der Waals surface area contributed by atoms with Gasteiger partial charge in [0.05, 0.1) is 11.4 Å². The third kappa shape index (κ3) is 3.10. The summed E-state index contributed by atoms with van der Waals surface area (Å²) in [7, 11) is 0. The van der Waals surface area contributed by atoms with Crippen molar-refractivity contribution >= 4 is 11.9 Å². The van der Waals surface area contributed by atoms with Gasteiger partial charge in [0, 0.05) is 0 Å². The fourth-order valence-corrected chi connectivity index (χ4v) is 2.21. The van der Waals surface area contributed by atoms with Crippen LogP contribution in [0.1, 0.15) is 32.9 Å². The molecule has 0 saturated carbocycles. The summed E-state index contributed by atoms with van der Waals surface area (Å²) in [6, 6.07) is 5.80. The van der Waals surface area contributed by atoms with Crippen molar-refractivity contribution in [1.29, 1.82) is 0 Å². The highest BCUT2D eigenvalue weighted by molar-refractivity contribution is 5.90. The minimum absolute atomic E-state index is 0.0287. The van der Waals surface area contributed by atoms with Gasteiger partial charge in [0.25, 0.3) is 0 Å². The third-order valence-electron chi connectivity index (χ3n) is 3.16. The van der Waals surface area contributed by atoms with E-state index in [1.54, 1.807) is 6.92 Å². The first-order valence-corrected chi connectivity index (χ1v) is 6.45. The van der Waals surface area contributed by atoms with Gasteiger partial charge in [-0.1, -0.05) is 18.2 Å². The van der Waals surface area contributed by atoms with Crippen molar-refractivity contribution in [2.75, 3.05) is 5.73 Å². The highest BCUT2D eigenvalue weighted by Crippen LogP contribution is 2.24. The second kappa shape index (κ2) is 5.78.